The van der Waals surface area contributed by atoms with Crippen molar-refractivity contribution < 1.29 is 14.4 Å². The van der Waals surface area contributed by atoms with E-state index in [0.29, 0.717) is 38.3 Å². The quantitative estimate of drug-likeness (QED) is 0.336. The van der Waals surface area contributed by atoms with E-state index in [-0.39, 0.29) is 17.7 Å². The SMILES string of the molecule is CN(C(=O)/C=C/CC(C)(C)N)[C@H](Cc1ccc2ccccc2c1)C(=O)N1CCN(CC2CC2)C(=O)[C@H]1Cc1ccccc1. The van der Waals surface area contributed by atoms with Crippen molar-refractivity contribution in [2.24, 2.45) is 11.7 Å². The van der Waals surface area contributed by atoms with Crippen molar-refractivity contribution in [1.82, 2.24) is 14.7 Å². The number of amides is 3. The molecular formula is C36H44N4O3. The molecule has 2 aliphatic rings. The van der Waals surface area contributed by atoms with Crippen LogP contribution in [0.15, 0.2) is 84.9 Å². The molecule has 3 amide bonds. The maximum Gasteiger partial charge on any atom is 0.246 e. The first-order valence-electron chi connectivity index (χ1n) is 15.4. The van der Waals surface area contributed by atoms with Crippen LogP contribution in [0.4, 0.5) is 0 Å². The summed E-state index contributed by atoms with van der Waals surface area (Å²) >= 11 is 0. The topological polar surface area (TPSA) is 86.9 Å². The van der Waals surface area contributed by atoms with Crippen molar-refractivity contribution >= 4 is 28.5 Å². The number of hydrogen-bond acceptors (Lipinski definition) is 4. The Hall–Kier alpha value is -3.97. The van der Waals surface area contributed by atoms with Gasteiger partial charge in [-0.15, -0.1) is 0 Å². The third kappa shape index (κ3) is 7.90. The van der Waals surface area contributed by atoms with E-state index in [1.165, 1.54) is 11.0 Å². The number of piperazine rings is 1. The molecule has 0 spiro atoms. The van der Waals surface area contributed by atoms with Gasteiger partial charge in [-0.2, -0.15) is 0 Å². The molecule has 226 valence electrons. The minimum absolute atomic E-state index is 0.00105. The van der Waals surface area contributed by atoms with Crippen LogP contribution < -0.4 is 5.73 Å². The predicted molar refractivity (Wildman–Crippen MR) is 171 cm³/mol. The third-order valence-electron chi connectivity index (χ3n) is 8.56. The minimum atomic E-state index is -0.773. The number of nitrogens with two attached hydrogens (primary N) is 1. The molecule has 5 rings (SSSR count). The van der Waals surface area contributed by atoms with Crippen molar-refractivity contribution in [2.75, 3.05) is 26.7 Å². The fourth-order valence-corrected chi connectivity index (χ4v) is 5.84. The molecule has 43 heavy (non-hydrogen) atoms. The largest absolute Gasteiger partial charge is 0.339 e. The van der Waals surface area contributed by atoms with Crippen molar-refractivity contribution in [3.8, 4) is 0 Å². The maximum absolute atomic E-state index is 14.5. The molecule has 3 aromatic rings. The van der Waals surface area contributed by atoms with Gasteiger partial charge in [0.05, 0.1) is 0 Å². The molecule has 0 bridgehead atoms. The molecule has 0 aromatic heterocycles. The fourth-order valence-electron chi connectivity index (χ4n) is 5.84. The van der Waals surface area contributed by atoms with Gasteiger partial charge in [0.25, 0.3) is 0 Å². The molecule has 1 heterocycles. The summed E-state index contributed by atoms with van der Waals surface area (Å²) < 4.78 is 0. The van der Waals surface area contributed by atoms with Gasteiger partial charge in [-0.1, -0.05) is 78.9 Å². The zero-order chi connectivity index (χ0) is 30.6. The van der Waals surface area contributed by atoms with Crippen LogP contribution in [0.3, 0.4) is 0 Å². The minimum Gasteiger partial charge on any atom is -0.339 e. The van der Waals surface area contributed by atoms with E-state index in [1.807, 2.05) is 67.3 Å². The van der Waals surface area contributed by atoms with E-state index in [1.54, 1.807) is 18.0 Å². The van der Waals surface area contributed by atoms with Crippen LogP contribution in [0.2, 0.25) is 0 Å². The molecule has 1 aliphatic carbocycles. The summed E-state index contributed by atoms with van der Waals surface area (Å²) in [5.74, 6) is 0.107. The molecular weight excluding hydrogens is 536 g/mol. The Balaban J connectivity index is 1.45. The lowest BCUT2D eigenvalue weighted by atomic mass is 9.96. The second kappa shape index (κ2) is 13.1. The van der Waals surface area contributed by atoms with Gasteiger partial charge in [0.2, 0.25) is 17.7 Å². The van der Waals surface area contributed by atoms with Crippen LogP contribution in [-0.4, -0.2) is 76.7 Å². The molecule has 3 aromatic carbocycles. The number of benzene rings is 3. The van der Waals surface area contributed by atoms with Crippen LogP contribution in [0.25, 0.3) is 10.8 Å². The number of carbonyl (C=O) groups is 3. The number of hydrogen-bond donors (Lipinski definition) is 1. The summed E-state index contributed by atoms with van der Waals surface area (Å²) in [6.07, 6.45) is 6.92. The monoisotopic (exact) mass is 580 g/mol. The lowest BCUT2D eigenvalue weighted by Gasteiger charge is -2.43. The lowest BCUT2D eigenvalue weighted by Crippen LogP contribution is -2.63. The van der Waals surface area contributed by atoms with Gasteiger partial charge in [-0.05, 0) is 67.0 Å². The van der Waals surface area contributed by atoms with E-state index in [4.69, 9.17) is 5.73 Å². The first-order chi connectivity index (χ1) is 20.6. The highest BCUT2D eigenvalue weighted by Gasteiger charge is 2.42. The van der Waals surface area contributed by atoms with Crippen LogP contribution in [0.5, 0.6) is 0 Å². The smallest absolute Gasteiger partial charge is 0.246 e. The molecule has 2 fully saturated rings. The molecule has 2 N–H and O–H groups in total. The second-order valence-corrected chi connectivity index (χ2v) is 12.9. The number of rotatable bonds is 11. The number of carbonyl (C=O) groups excluding carboxylic acids is 3. The van der Waals surface area contributed by atoms with Gasteiger partial charge in [-0.25, -0.2) is 0 Å². The molecule has 7 heteroatoms. The van der Waals surface area contributed by atoms with Crippen molar-refractivity contribution in [3.63, 3.8) is 0 Å². The standard InChI is InChI=1S/C36H44N4O3/c1-36(2,37)19-9-14-33(41)38(3)31(24-28-17-18-29-12-7-8-13-30(29)22-28)35(43)40-21-20-39(25-27-15-16-27)34(42)32(40)23-26-10-5-4-6-11-26/h4-14,17-18,22,27,31-32H,15-16,19-21,23-25,37H2,1-3H3/b14-9+/t31-,32-/m1/s1. The van der Waals surface area contributed by atoms with Crippen molar-refractivity contribution in [3.05, 3.63) is 96.1 Å². The summed E-state index contributed by atoms with van der Waals surface area (Å²) in [6.45, 7) is 5.53. The van der Waals surface area contributed by atoms with E-state index in [0.717, 1.165) is 41.3 Å². The summed E-state index contributed by atoms with van der Waals surface area (Å²) in [6, 6.07) is 22.8. The Morgan fingerprint density at radius 3 is 2.37 bits per heavy atom. The van der Waals surface area contributed by atoms with E-state index < -0.39 is 17.6 Å². The Morgan fingerprint density at radius 2 is 1.67 bits per heavy atom. The normalized spacial score (nSPS) is 18.3. The molecule has 7 nitrogen and oxygen atoms in total. The van der Waals surface area contributed by atoms with Crippen LogP contribution >= 0.6 is 0 Å². The summed E-state index contributed by atoms with van der Waals surface area (Å²) in [5.41, 5.74) is 7.64. The molecule has 0 radical (unpaired) electrons. The zero-order valence-electron chi connectivity index (χ0n) is 25.6. The van der Waals surface area contributed by atoms with Gasteiger partial charge in [-0.3, -0.25) is 14.4 Å². The molecule has 1 aliphatic heterocycles. The summed E-state index contributed by atoms with van der Waals surface area (Å²) in [7, 11) is 1.68. The summed E-state index contributed by atoms with van der Waals surface area (Å²) in [5, 5.41) is 2.20. The highest BCUT2D eigenvalue weighted by molar-refractivity contribution is 5.96. The average Bonchev–Trinajstić information content (AvgIpc) is 3.81. The van der Waals surface area contributed by atoms with Crippen molar-refractivity contribution in [1.29, 1.82) is 0 Å². The fraction of sp³-hybridized carbons (Fsp3) is 0.417. The van der Waals surface area contributed by atoms with Gasteiger partial charge < -0.3 is 20.4 Å². The number of likely N-dealkylation sites (N-methyl/N-ethyl adjacent to an activating group) is 1. The van der Waals surface area contributed by atoms with Crippen LogP contribution in [0.1, 0.15) is 44.2 Å². The number of nitrogens with zero attached hydrogens (tertiary/aromatic N) is 3. The second-order valence-electron chi connectivity index (χ2n) is 12.9. The third-order valence-corrected chi connectivity index (χ3v) is 8.56. The Bertz CT molecular complexity index is 1470. The van der Waals surface area contributed by atoms with E-state index in [2.05, 4.69) is 24.3 Å². The lowest BCUT2D eigenvalue weighted by molar-refractivity contribution is -0.155. The van der Waals surface area contributed by atoms with Crippen LogP contribution in [-0.2, 0) is 27.2 Å². The number of fused-ring (bicyclic) bond motifs is 1. The zero-order valence-corrected chi connectivity index (χ0v) is 25.6. The Morgan fingerprint density at radius 1 is 0.977 bits per heavy atom. The highest BCUT2D eigenvalue weighted by atomic mass is 16.2. The van der Waals surface area contributed by atoms with Gasteiger partial charge in [0.1, 0.15) is 12.1 Å². The maximum atomic E-state index is 14.5. The predicted octanol–water partition coefficient (Wildman–Crippen LogP) is 4.59. The van der Waals surface area contributed by atoms with Crippen LogP contribution in [0, 0.1) is 5.92 Å². The first kappa shape index (κ1) is 30.5. The van der Waals surface area contributed by atoms with Gasteiger partial charge in [0, 0.05) is 45.1 Å². The molecule has 1 saturated heterocycles. The van der Waals surface area contributed by atoms with E-state index in [9.17, 15) is 14.4 Å². The Kier molecular flexibility index (Phi) is 9.31. The average molecular weight is 581 g/mol. The van der Waals surface area contributed by atoms with Gasteiger partial charge in [0.15, 0.2) is 0 Å². The molecule has 1 saturated carbocycles. The highest BCUT2D eigenvalue weighted by Crippen LogP contribution is 2.31. The molecule has 2 atom stereocenters. The van der Waals surface area contributed by atoms with Crippen molar-refractivity contribution in [2.45, 2.75) is 63.6 Å². The first-order valence-corrected chi connectivity index (χ1v) is 15.4. The van der Waals surface area contributed by atoms with Gasteiger partial charge >= 0.3 is 0 Å². The van der Waals surface area contributed by atoms with E-state index >= 15 is 0 Å². The summed E-state index contributed by atoms with van der Waals surface area (Å²) in [4.78, 5) is 47.1. The Labute approximate surface area is 255 Å². The molecule has 0 unspecified atom stereocenters.